The van der Waals surface area contributed by atoms with Crippen molar-refractivity contribution < 1.29 is 19.0 Å². The summed E-state index contributed by atoms with van der Waals surface area (Å²) in [6.07, 6.45) is 0. The Morgan fingerprint density at radius 2 is 1.61 bits per heavy atom. The number of hydrogen-bond acceptors (Lipinski definition) is 6. The standard InChI is InChI=1S/C29H29ClN4O4/c1-36-23-14-24(37-2)16-25(15-23)38-19-26-32-28-27(34(26)18-20-7-4-3-5-8-20)29(35)33(12-11-31-28)17-21-9-6-10-22(30)13-21/h3-10,13-16,31H,11-12,17-19H2,1-2H3. The van der Waals surface area contributed by atoms with Crippen LogP contribution >= 0.6 is 11.6 Å². The van der Waals surface area contributed by atoms with Gasteiger partial charge in [0.15, 0.2) is 11.5 Å². The molecule has 4 aromatic rings. The summed E-state index contributed by atoms with van der Waals surface area (Å²) in [4.78, 5) is 20.5. The molecule has 0 saturated carbocycles. The van der Waals surface area contributed by atoms with Crippen molar-refractivity contribution in [2.75, 3.05) is 32.6 Å². The average Bonchev–Trinajstić information content (AvgIpc) is 3.19. The molecule has 9 heteroatoms. The molecule has 1 aliphatic rings. The second kappa shape index (κ2) is 11.5. The van der Waals surface area contributed by atoms with Gasteiger partial charge in [0, 0.05) is 49.4 Å². The molecule has 0 aliphatic carbocycles. The van der Waals surface area contributed by atoms with E-state index in [2.05, 4.69) is 5.32 Å². The van der Waals surface area contributed by atoms with Crippen LogP contribution in [0.5, 0.6) is 17.2 Å². The summed E-state index contributed by atoms with van der Waals surface area (Å²) in [5.74, 6) is 2.91. The predicted octanol–water partition coefficient (Wildman–Crippen LogP) is 5.25. The lowest BCUT2D eigenvalue weighted by Gasteiger charge is -2.22. The van der Waals surface area contributed by atoms with Gasteiger partial charge >= 0.3 is 0 Å². The second-order valence-corrected chi connectivity index (χ2v) is 9.35. The lowest BCUT2D eigenvalue weighted by molar-refractivity contribution is 0.0744. The lowest BCUT2D eigenvalue weighted by Crippen LogP contribution is -2.33. The summed E-state index contributed by atoms with van der Waals surface area (Å²) >= 11 is 6.19. The van der Waals surface area contributed by atoms with Gasteiger partial charge in [0.1, 0.15) is 29.7 Å². The third-order valence-electron chi connectivity index (χ3n) is 6.35. The number of aromatic nitrogens is 2. The van der Waals surface area contributed by atoms with Crippen LogP contribution in [-0.2, 0) is 19.7 Å². The number of carbonyl (C=O) groups is 1. The molecule has 0 radical (unpaired) electrons. The monoisotopic (exact) mass is 532 g/mol. The smallest absolute Gasteiger partial charge is 0.274 e. The molecule has 0 fully saturated rings. The molecule has 2 heterocycles. The summed E-state index contributed by atoms with van der Waals surface area (Å²) < 4.78 is 18.8. The number of ether oxygens (including phenoxy) is 3. The number of imidazole rings is 1. The minimum absolute atomic E-state index is 0.0947. The van der Waals surface area contributed by atoms with Crippen molar-refractivity contribution in [3.8, 4) is 17.2 Å². The Morgan fingerprint density at radius 3 is 2.32 bits per heavy atom. The molecule has 38 heavy (non-hydrogen) atoms. The number of amides is 1. The largest absolute Gasteiger partial charge is 0.496 e. The molecule has 0 saturated heterocycles. The Hall–Kier alpha value is -4.17. The highest BCUT2D eigenvalue weighted by molar-refractivity contribution is 6.30. The van der Waals surface area contributed by atoms with Crippen LogP contribution in [0.15, 0.2) is 72.8 Å². The molecule has 0 atom stereocenters. The number of rotatable bonds is 9. The number of nitrogens with one attached hydrogen (secondary N) is 1. The van der Waals surface area contributed by atoms with Gasteiger partial charge in [-0.1, -0.05) is 54.1 Å². The molecule has 3 aromatic carbocycles. The molecular formula is C29H29ClN4O4. The fourth-order valence-electron chi connectivity index (χ4n) is 4.47. The molecule has 0 unspecified atom stereocenters. The summed E-state index contributed by atoms with van der Waals surface area (Å²) in [5.41, 5.74) is 2.53. The maximum absolute atomic E-state index is 13.9. The highest BCUT2D eigenvalue weighted by Crippen LogP contribution is 2.29. The molecular weight excluding hydrogens is 504 g/mol. The van der Waals surface area contributed by atoms with Crippen molar-refractivity contribution in [3.05, 3.63) is 100 Å². The summed E-state index contributed by atoms with van der Waals surface area (Å²) in [6.45, 7) is 2.20. The van der Waals surface area contributed by atoms with Crippen LogP contribution in [0.2, 0.25) is 5.02 Å². The van der Waals surface area contributed by atoms with Crippen molar-refractivity contribution >= 4 is 23.3 Å². The third-order valence-corrected chi connectivity index (χ3v) is 6.58. The number of halogens is 1. The Bertz CT molecular complexity index is 1400. The van der Waals surface area contributed by atoms with E-state index in [9.17, 15) is 4.79 Å². The highest BCUT2D eigenvalue weighted by Gasteiger charge is 2.30. The Labute approximate surface area is 226 Å². The van der Waals surface area contributed by atoms with Crippen LogP contribution in [0.1, 0.15) is 27.4 Å². The highest BCUT2D eigenvalue weighted by atomic mass is 35.5. The van der Waals surface area contributed by atoms with Gasteiger partial charge in [0.2, 0.25) is 0 Å². The van der Waals surface area contributed by atoms with Crippen molar-refractivity contribution in [2.24, 2.45) is 0 Å². The van der Waals surface area contributed by atoms with Gasteiger partial charge in [0.25, 0.3) is 5.91 Å². The van der Waals surface area contributed by atoms with Crippen LogP contribution in [-0.4, -0.2) is 47.7 Å². The number of hydrogen-bond donors (Lipinski definition) is 1. The van der Waals surface area contributed by atoms with Gasteiger partial charge in [-0.05, 0) is 23.3 Å². The van der Waals surface area contributed by atoms with Crippen LogP contribution in [0.4, 0.5) is 5.82 Å². The first-order valence-electron chi connectivity index (χ1n) is 12.3. The van der Waals surface area contributed by atoms with Crippen molar-refractivity contribution in [3.63, 3.8) is 0 Å². The minimum Gasteiger partial charge on any atom is -0.496 e. The average molecular weight is 533 g/mol. The van der Waals surface area contributed by atoms with Crippen molar-refractivity contribution in [2.45, 2.75) is 19.7 Å². The van der Waals surface area contributed by atoms with Gasteiger partial charge < -0.3 is 29.0 Å². The summed E-state index contributed by atoms with van der Waals surface area (Å²) in [5, 5.41) is 3.99. The second-order valence-electron chi connectivity index (χ2n) is 8.92. The molecule has 1 amide bonds. The number of nitrogens with zero attached hydrogens (tertiary/aromatic N) is 3. The Morgan fingerprint density at radius 1 is 0.895 bits per heavy atom. The molecule has 5 rings (SSSR count). The summed E-state index contributed by atoms with van der Waals surface area (Å²) in [7, 11) is 3.18. The van der Waals surface area contributed by atoms with E-state index in [0.717, 1.165) is 11.1 Å². The number of carbonyl (C=O) groups excluding carboxylic acids is 1. The maximum atomic E-state index is 13.9. The van der Waals surface area contributed by atoms with Gasteiger partial charge in [0.05, 0.1) is 14.2 Å². The molecule has 1 aliphatic heterocycles. The summed E-state index contributed by atoms with van der Waals surface area (Å²) in [6, 6.07) is 22.9. The van der Waals surface area contributed by atoms with Gasteiger partial charge in [-0.2, -0.15) is 0 Å². The molecule has 1 aromatic heterocycles. The zero-order valence-electron chi connectivity index (χ0n) is 21.3. The van der Waals surface area contributed by atoms with Crippen LogP contribution in [0.25, 0.3) is 0 Å². The van der Waals surface area contributed by atoms with E-state index in [0.29, 0.717) is 65.8 Å². The van der Waals surface area contributed by atoms with Gasteiger partial charge in [-0.3, -0.25) is 4.79 Å². The fourth-order valence-corrected chi connectivity index (χ4v) is 4.68. The van der Waals surface area contributed by atoms with E-state index < -0.39 is 0 Å². The minimum atomic E-state index is -0.0947. The van der Waals surface area contributed by atoms with Crippen LogP contribution in [0.3, 0.4) is 0 Å². The van der Waals surface area contributed by atoms with Gasteiger partial charge in [-0.25, -0.2) is 4.98 Å². The van der Waals surface area contributed by atoms with Crippen molar-refractivity contribution in [1.82, 2.24) is 14.5 Å². The van der Waals surface area contributed by atoms with E-state index in [1.807, 2.05) is 64.1 Å². The normalized spacial score (nSPS) is 12.9. The molecule has 0 spiro atoms. The van der Waals surface area contributed by atoms with Gasteiger partial charge in [-0.15, -0.1) is 0 Å². The number of methoxy groups -OCH3 is 2. The molecule has 1 N–H and O–H groups in total. The first-order valence-corrected chi connectivity index (χ1v) is 12.7. The first-order chi connectivity index (χ1) is 18.5. The van der Waals surface area contributed by atoms with E-state index in [1.165, 1.54) is 0 Å². The van der Waals surface area contributed by atoms with Crippen LogP contribution < -0.4 is 19.5 Å². The zero-order valence-corrected chi connectivity index (χ0v) is 22.1. The Balaban J connectivity index is 1.48. The SMILES string of the molecule is COc1cc(OC)cc(OCc2nc3c(n2Cc2ccccc2)C(=O)N(Cc2cccc(Cl)c2)CCN3)c1. The Kier molecular flexibility index (Phi) is 7.70. The fraction of sp³-hybridized carbons (Fsp3) is 0.241. The van der Waals surface area contributed by atoms with Crippen LogP contribution in [0, 0.1) is 0 Å². The maximum Gasteiger partial charge on any atom is 0.274 e. The van der Waals surface area contributed by atoms with Crippen molar-refractivity contribution in [1.29, 1.82) is 0 Å². The molecule has 0 bridgehead atoms. The lowest BCUT2D eigenvalue weighted by atomic mass is 10.2. The van der Waals surface area contributed by atoms with E-state index in [4.69, 9.17) is 30.8 Å². The topological polar surface area (TPSA) is 77.8 Å². The van der Waals surface area contributed by atoms with E-state index in [1.54, 1.807) is 32.4 Å². The molecule has 8 nitrogen and oxygen atoms in total. The first kappa shape index (κ1) is 25.5. The zero-order chi connectivity index (χ0) is 26.5. The number of anilines is 1. The number of benzene rings is 3. The third kappa shape index (κ3) is 5.70. The van der Waals surface area contributed by atoms with E-state index >= 15 is 0 Å². The van der Waals surface area contributed by atoms with E-state index in [-0.39, 0.29) is 12.5 Å². The predicted molar refractivity (Wildman–Crippen MR) is 146 cm³/mol. The quantitative estimate of drug-likeness (QED) is 0.317. The molecule has 196 valence electrons. The number of fused-ring (bicyclic) bond motifs is 1.